The van der Waals surface area contributed by atoms with Crippen LogP contribution in [0.5, 0.6) is 0 Å². The second-order valence-electron chi connectivity index (χ2n) is 7.92. The monoisotopic (exact) mass is 411 g/mol. The summed E-state index contributed by atoms with van der Waals surface area (Å²) in [5, 5.41) is 8.76. The van der Waals surface area contributed by atoms with E-state index in [0.29, 0.717) is 13.1 Å². The fourth-order valence-electron chi connectivity index (χ4n) is 4.35. The van der Waals surface area contributed by atoms with Crippen molar-refractivity contribution in [2.45, 2.75) is 25.4 Å². The Kier molecular flexibility index (Phi) is 5.46. The summed E-state index contributed by atoms with van der Waals surface area (Å²) >= 11 is 0. The Morgan fingerprint density at radius 3 is 2.48 bits per heavy atom. The van der Waals surface area contributed by atoms with E-state index in [-0.39, 0.29) is 11.9 Å². The minimum absolute atomic E-state index is 0.0932. The molecule has 1 atom stereocenters. The Hall–Kier alpha value is -3.51. The van der Waals surface area contributed by atoms with Gasteiger partial charge in [-0.05, 0) is 49.2 Å². The highest BCUT2D eigenvalue weighted by atomic mass is 16.2. The fourth-order valence-corrected chi connectivity index (χ4v) is 4.35. The van der Waals surface area contributed by atoms with Crippen LogP contribution in [0.1, 0.15) is 30.3 Å². The number of anilines is 1. The summed E-state index contributed by atoms with van der Waals surface area (Å²) in [6.07, 6.45) is 4.02. The van der Waals surface area contributed by atoms with Crippen molar-refractivity contribution in [1.82, 2.24) is 19.5 Å². The molecule has 1 aliphatic heterocycles. The second-order valence-corrected chi connectivity index (χ2v) is 7.92. The topological polar surface area (TPSA) is 53.7 Å². The molecule has 3 heterocycles. The number of rotatable bonds is 6. The number of carbonyl (C=O) groups excluding carboxylic acids is 1. The third kappa shape index (κ3) is 4.07. The van der Waals surface area contributed by atoms with Crippen LogP contribution in [0.15, 0.2) is 85.1 Å². The molecule has 1 fully saturated rings. The molecule has 1 amide bonds. The van der Waals surface area contributed by atoms with Gasteiger partial charge in [-0.3, -0.25) is 14.1 Å². The van der Waals surface area contributed by atoms with Crippen molar-refractivity contribution >= 4 is 17.2 Å². The molecule has 1 saturated heterocycles. The predicted octanol–water partition coefficient (Wildman–Crippen LogP) is 4.10. The quantitative estimate of drug-likeness (QED) is 0.479. The van der Waals surface area contributed by atoms with E-state index in [1.807, 2.05) is 82.2 Å². The summed E-state index contributed by atoms with van der Waals surface area (Å²) in [5.41, 5.74) is 2.87. The molecule has 0 unspecified atom stereocenters. The first-order valence-corrected chi connectivity index (χ1v) is 10.7. The average Bonchev–Trinajstić information content (AvgIpc) is 3.45. The lowest BCUT2D eigenvalue weighted by Crippen LogP contribution is -2.40. The van der Waals surface area contributed by atoms with E-state index >= 15 is 0 Å². The first kappa shape index (κ1) is 19.5. The van der Waals surface area contributed by atoms with Gasteiger partial charge >= 0.3 is 0 Å². The van der Waals surface area contributed by atoms with E-state index in [1.165, 1.54) is 0 Å². The Balaban J connectivity index is 1.39. The van der Waals surface area contributed by atoms with Crippen LogP contribution in [0.2, 0.25) is 0 Å². The Morgan fingerprint density at radius 1 is 0.935 bits per heavy atom. The van der Waals surface area contributed by atoms with Crippen molar-refractivity contribution in [3.05, 3.63) is 96.4 Å². The number of amides is 1. The number of pyridine rings is 1. The minimum Gasteiger partial charge on any atom is -0.307 e. The van der Waals surface area contributed by atoms with Crippen molar-refractivity contribution in [2.24, 2.45) is 0 Å². The molecular formula is C25H25N5O. The van der Waals surface area contributed by atoms with E-state index in [2.05, 4.69) is 27.2 Å². The number of fused-ring (bicyclic) bond motifs is 1. The van der Waals surface area contributed by atoms with Crippen LogP contribution < -0.4 is 4.90 Å². The maximum absolute atomic E-state index is 13.5. The zero-order chi connectivity index (χ0) is 21.0. The van der Waals surface area contributed by atoms with Gasteiger partial charge in [0.2, 0.25) is 5.91 Å². The van der Waals surface area contributed by atoms with Crippen LogP contribution >= 0.6 is 0 Å². The van der Waals surface area contributed by atoms with Gasteiger partial charge in [-0.25, -0.2) is 0 Å². The third-order valence-corrected chi connectivity index (χ3v) is 5.89. The number of benzene rings is 2. The number of para-hydroxylation sites is 1. The highest BCUT2D eigenvalue weighted by molar-refractivity contribution is 5.94. The minimum atomic E-state index is 0.0932. The molecule has 156 valence electrons. The zero-order valence-electron chi connectivity index (χ0n) is 17.3. The lowest BCUT2D eigenvalue weighted by molar-refractivity contribution is -0.120. The molecule has 0 N–H and O–H groups in total. The molecule has 0 bridgehead atoms. The molecule has 5 rings (SSSR count). The summed E-state index contributed by atoms with van der Waals surface area (Å²) < 4.78 is 2.03. The molecule has 0 saturated carbocycles. The zero-order valence-corrected chi connectivity index (χ0v) is 17.3. The van der Waals surface area contributed by atoms with Crippen LogP contribution in [-0.4, -0.2) is 38.5 Å². The van der Waals surface area contributed by atoms with E-state index in [1.54, 1.807) is 0 Å². The van der Waals surface area contributed by atoms with Crippen molar-refractivity contribution in [1.29, 1.82) is 0 Å². The fraction of sp³-hybridized carbons (Fsp3) is 0.240. The average molecular weight is 412 g/mol. The number of aromatic nitrogens is 3. The Labute approximate surface area is 181 Å². The van der Waals surface area contributed by atoms with Crippen molar-refractivity contribution in [2.75, 3.05) is 18.0 Å². The lowest BCUT2D eigenvalue weighted by atomic mass is 10.2. The van der Waals surface area contributed by atoms with Gasteiger partial charge in [0.05, 0.1) is 19.1 Å². The number of likely N-dealkylation sites (tertiary alicyclic amines) is 1. The number of hydrogen-bond acceptors (Lipinski definition) is 4. The van der Waals surface area contributed by atoms with Crippen molar-refractivity contribution in [3.8, 4) is 0 Å². The number of hydrogen-bond donors (Lipinski definition) is 0. The SMILES string of the molecule is O=C(CN1CCC[C@@H]1c1nnc2ccccn12)N(Cc1ccccc1)c1ccccc1. The molecule has 6 nitrogen and oxygen atoms in total. The molecular weight excluding hydrogens is 386 g/mol. The van der Waals surface area contributed by atoms with Crippen LogP contribution in [0.25, 0.3) is 5.65 Å². The molecule has 31 heavy (non-hydrogen) atoms. The van der Waals surface area contributed by atoms with Gasteiger partial charge in [-0.1, -0.05) is 54.6 Å². The maximum Gasteiger partial charge on any atom is 0.241 e. The van der Waals surface area contributed by atoms with Crippen LogP contribution in [0.3, 0.4) is 0 Å². The number of nitrogens with zero attached hydrogens (tertiary/aromatic N) is 5. The van der Waals surface area contributed by atoms with Crippen LogP contribution in [0, 0.1) is 0 Å². The summed E-state index contributed by atoms with van der Waals surface area (Å²) in [7, 11) is 0. The molecule has 2 aromatic carbocycles. The van der Waals surface area contributed by atoms with Gasteiger partial charge in [0, 0.05) is 11.9 Å². The Bertz CT molecular complexity index is 1160. The van der Waals surface area contributed by atoms with E-state index in [4.69, 9.17) is 0 Å². The smallest absolute Gasteiger partial charge is 0.241 e. The van der Waals surface area contributed by atoms with Crippen LogP contribution in [0.4, 0.5) is 5.69 Å². The molecule has 6 heteroatoms. The van der Waals surface area contributed by atoms with Gasteiger partial charge in [-0.15, -0.1) is 10.2 Å². The van der Waals surface area contributed by atoms with Gasteiger partial charge in [0.1, 0.15) is 0 Å². The lowest BCUT2D eigenvalue weighted by Gasteiger charge is -2.28. The van der Waals surface area contributed by atoms with E-state index < -0.39 is 0 Å². The van der Waals surface area contributed by atoms with Crippen LogP contribution in [-0.2, 0) is 11.3 Å². The summed E-state index contributed by atoms with van der Waals surface area (Å²) in [6.45, 7) is 1.79. The van der Waals surface area contributed by atoms with E-state index in [9.17, 15) is 4.79 Å². The van der Waals surface area contributed by atoms with Gasteiger partial charge in [0.25, 0.3) is 0 Å². The predicted molar refractivity (Wildman–Crippen MR) is 121 cm³/mol. The van der Waals surface area contributed by atoms with Crippen molar-refractivity contribution in [3.63, 3.8) is 0 Å². The largest absolute Gasteiger partial charge is 0.307 e. The van der Waals surface area contributed by atoms with Gasteiger partial charge < -0.3 is 4.90 Å². The molecule has 4 aromatic rings. The number of carbonyl (C=O) groups is 1. The van der Waals surface area contributed by atoms with Gasteiger partial charge in [-0.2, -0.15) is 0 Å². The highest BCUT2D eigenvalue weighted by Gasteiger charge is 2.32. The first-order chi connectivity index (χ1) is 15.3. The first-order valence-electron chi connectivity index (χ1n) is 10.7. The molecule has 2 aromatic heterocycles. The standard InChI is InChI=1S/C25H25N5O/c31-24(30(21-12-5-2-6-13-21)18-20-10-3-1-4-11-20)19-28-16-9-14-22(28)25-27-26-23-15-7-8-17-29(23)25/h1-8,10-13,15,17,22H,9,14,16,18-19H2/t22-/m1/s1. The summed E-state index contributed by atoms with van der Waals surface area (Å²) in [4.78, 5) is 17.6. The van der Waals surface area contributed by atoms with Crippen molar-refractivity contribution < 1.29 is 4.79 Å². The maximum atomic E-state index is 13.5. The third-order valence-electron chi connectivity index (χ3n) is 5.89. The molecule has 0 radical (unpaired) electrons. The summed E-state index contributed by atoms with van der Waals surface area (Å²) in [5.74, 6) is 1.01. The second kappa shape index (κ2) is 8.70. The highest BCUT2D eigenvalue weighted by Crippen LogP contribution is 2.31. The van der Waals surface area contributed by atoms with E-state index in [0.717, 1.165) is 42.1 Å². The summed E-state index contributed by atoms with van der Waals surface area (Å²) in [6, 6.07) is 26.0. The molecule has 0 spiro atoms. The Morgan fingerprint density at radius 2 is 1.68 bits per heavy atom. The normalized spacial score (nSPS) is 16.6. The molecule has 1 aliphatic rings. The van der Waals surface area contributed by atoms with Gasteiger partial charge in [0.15, 0.2) is 11.5 Å². The molecule has 0 aliphatic carbocycles.